The highest BCUT2D eigenvalue weighted by molar-refractivity contribution is 6.74. The van der Waals surface area contributed by atoms with E-state index in [1.54, 1.807) is 45.2 Å². The van der Waals surface area contributed by atoms with Gasteiger partial charge in [-0.3, -0.25) is 4.90 Å². The highest BCUT2D eigenvalue weighted by atomic mass is 28.4. The molecule has 3 aromatic rings. The van der Waals surface area contributed by atoms with Gasteiger partial charge >= 0.3 is 6.09 Å². The van der Waals surface area contributed by atoms with Crippen LogP contribution in [0, 0.1) is 17.1 Å². The van der Waals surface area contributed by atoms with Crippen LogP contribution in [0.4, 0.5) is 26.5 Å². The van der Waals surface area contributed by atoms with Crippen molar-refractivity contribution in [2.75, 3.05) is 30.5 Å². The van der Waals surface area contributed by atoms with Gasteiger partial charge in [0.25, 0.3) is 0 Å². The normalized spacial score (nSPS) is 16.7. The lowest BCUT2D eigenvalue weighted by atomic mass is 9.83. The second kappa shape index (κ2) is 11.8. The van der Waals surface area contributed by atoms with Gasteiger partial charge in [0.2, 0.25) is 11.8 Å². The van der Waals surface area contributed by atoms with Gasteiger partial charge in [0.1, 0.15) is 23.1 Å². The summed E-state index contributed by atoms with van der Waals surface area (Å²) < 4.78 is 33.1. The number of pyridine rings is 1. The van der Waals surface area contributed by atoms with E-state index >= 15 is 4.39 Å². The van der Waals surface area contributed by atoms with Crippen molar-refractivity contribution in [1.29, 1.82) is 5.26 Å². The number of anilines is 3. The van der Waals surface area contributed by atoms with Gasteiger partial charge in [-0.2, -0.15) is 5.26 Å². The number of carbonyl (C=O) groups excluding carboxylic acids is 1. The van der Waals surface area contributed by atoms with Gasteiger partial charge < -0.3 is 19.2 Å². The Bertz CT molecular complexity index is 1610. The number of fused-ring (bicyclic) bond motifs is 1. The topological polar surface area (TPSA) is 122 Å². The molecular weight excluding hydrogens is 579 g/mol. The van der Waals surface area contributed by atoms with Crippen molar-refractivity contribution >= 4 is 31.7 Å². The van der Waals surface area contributed by atoms with Crippen molar-refractivity contribution in [3.8, 4) is 23.2 Å². The first-order valence-electron chi connectivity index (χ1n) is 14.4. The van der Waals surface area contributed by atoms with E-state index in [2.05, 4.69) is 60.2 Å². The maximum absolute atomic E-state index is 15.4. The molecule has 3 heterocycles. The summed E-state index contributed by atoms with van der Waals surface area (Å²) in [5, 5.41) is 13.3. The molecule has 1 N–H and O–H groups in total. The molecular formula is C32H41FN6O4Si. The number of hydrogen-bond acceptors (Lipinski definition) is 9. The summed E-state index contributed by atoms with van der Waals surface area (Å²) in [5.74, 6) is -0.226. The van der Waals surface area contributed by atoms with Crippen LogP contribution in [-0.2, 0) is 14.6 Å². The summed E-state index contributed by atoms with van der Waals surface area (Å²) in [6, 6.07) is 9.00. The fourth-order valence-corrected chi connectivity index (χ4v) is 5.78. The van der Waals surface area contributed by atoms with Crippen LogP contribution in [-0.4, -0.2) is 55.2 Å². The van der Waals surface area contributed by atoms with Gasteiger partial charge in [0, 0.05) is 30.3 Å². The molecule has 12 heteroatoms. The monoisotopic (exact) mass is 620 g/mol. The highest BCUT2D eigenvalue weighted by Crippen LogP contribution is 2.47. The van der Waals surface area contributed by atoms with E-state index in [1.807, 2.05) is 6.92 Å². The molecule has 4 rings (SSSR count). The van der Waals surface area contributed by atoms with Crippen molar-refractivity contribution in [3.63, 3.8) is 0 Å². The van der Waals surface area contributed by atoms with E-state index in [0.29, 0.717) is 35.0 Å². The molecule has 0 fully saturated rings. The van der Waals surface area contributed by atoms with Gasteiger partial charge in [-0.05, 0) is 68.7 Å². The SMILES string of the molecule is COc1ncccc1Nc1ncc(F)c(-c2cc(C#N)c3c(c2)C(C)(CO[Si](C)(C)C(C)(C)C)CN3C(=O)OC(C)(C)C)n1. The molecule has 0 bridgehead atoms. The predicted molar refractivity (Wildman–Crippen MR) is 170 cm³/mol. The van der Waals surface area contributed by atoms with Gasteiger partial charge in [-0.25, -0.2) is 24.1 Å². The lowest BCUT2D eigenvalue weighted by Crippen LogP contribution is -2.46. The number of aromatic nitrogens is 3. The minimum absolute atomic E-state index is 0.00644. The molecule has 2 aromatic heterocycles. The third-order valence-electron chi connectivity index (χ3n) is 8.06. The first kappa shape index (κ1) is 32.8. The molecule has 1 aliphatic heterocycles. The molecule has 234 valence electrons. The Morgan fingerprint density at radius 3 is 2.52 bits per heavy atom. The smallest absolute Gasteiger partial charge is 0.414 e. The minimum atomic E-state index is -2.19. The molecule has 1 unspecified atom stereocenters. The van der Waals surface area contributed by atoms with Crippen LogP contribution in [0.5, 0.6) is 5.88 Å². The molecule has 1 aliphatic rings. The Hall–Kier alpha value is -4.08. The summed E-state index contributed by atoms with van der Waals surface area (Å²) in [6.07, 6.45) is 2.09. The number of nitrogens with zero attached hydrogens (tertiary/aromatic N) is 5. The standard InChI is InChI=1S/C32H41FN6O4Si/c1-30(2,3)43-29(40)39-18-32(7,19-42-44(9,10)31(4,5)6)22-15-20(14-21(16-34)26(22)39)25-23(33)17-36-28(38-25)37-24-12-11-13-35-27(24)41-8/h11-15,17H,18-19H2,1-10H3,(H,36,37,38). The second-order valence-corrected chi connectivity index (χ2v) is 18.6. The number of benzene rings is 1. The number of halogens is 1. The van der Waals surface area contributed by atoms with E-state index in [4.69, 9.17) is 13.9 Å². The Morgan fingerprint density at radius 2 is 1.91 bits per heavy atom. The number of methoxy groups -OCH3 is 1. The summed E-state index contributed by atoms with van der Waals surface area (Å²) >= 11 is 0. The Labute approximate surface area is 259 Å². The molecule has 1 aromatic carbocycles. The quantitative estimate of drug-likeness (QED) is 0.270. The van der Waals surface area contributed by atoms with Crippen LogP contribution >= 0.6 is 0 Å². The number of carbonyl (C=O) groups is 1. The Kier molecular flexibility index (Phi) is 8.79. The number of hydrogen-bond donors (Lipinski definition) is 1. The number of nitrogens with one attached hydrogen (secondary N) is 1. The number of nitriles is 1. The molecule has 0 radical (unpaired) electrons. The zero-order valence-corrected chi connectivity index (χ0v) is 28.1. The van der Waals surface area contributed by atoms with Crippen molar-refractivity contribution in [3.05, 3.63) is 53.6 Å². The van der Waals surface area contributed by atoms with E-state index < -0.39 is 31.2 Å². The fraction of sp³-hybridized carbons (Fsp3) is 0.469. The average Bonchev–Trinajstić information content (AvgIpc) is 3.24. The van der Waals surface area contributed by atoms with Gasteiger partial charge in [-0.1, -0.05) is 27.7 Å². The third kappa shape index (κ3) is 6.69. The van der Waals surface area contributed by atoms with Crippen LogP contribution in [0.3, 0.4) is 0 Å². The summed E-state index contributed by atoms with van der Waals surface area (Å²) in [5.41, 5.74) is 0.696. The summed E-state index contributed by atoms with van der Waals surface area (Å²) in [4.78, 5) is 27.7. The van der Waals surface area contributed by atoms with E-state index in [9.17, 15) is 10.1 Å². The second-order valence-electron chi connectivity index (χ2n) is 13.8. The van der Waals surface area contributed by atoms with Crippen molar-refractivity contribution in [2.45, 2.75) is 77.6 Å². The van der Waals surface area contributed by atoms with Gasteiger partial charge in [-0.15, -0.1) is 0 Å². The maximum Gasteiger partial charge on any atom is 0.414 e. The molecule has 0 spiro atoms. The molecule has 44 heavy (non-hydrogen) atoms. The summed E-state index contributed by atoms with van der Waals surface area (Å²) in [7, 11) is -0.702. The van der Waals surface area contributed by atoms with E-state index in [-0.39, 0.29) is 28.8 Å². The van der Waals surface area contributed by atoms with E-state index in [0.717, 1.165) is 6.20 Å². The first-order valence-corrected chi connectivity index (χ1v) is 17.3. The number of amides is 1. The van der Waals surface area contributed by atoms with Crippen LogP contribution in [0.25, 0.3) is 11.3 Å². The Balaban J connectivity index is 1.84. The fourth-order valence-electron chi connectivity index (χ4n) is 4.67. The molecule has 10 nitrogen and oxygen atoms in total. The zero-order valence-electron chi connectivity index (χ0n) is 27.1. The summed E-state index contributed by atoms with van der Waals surface area (Å²) in [6.45, 7) is 18.7. The number of ether oxygens (including phenoxy) is 2. The van der Waals surface area contributed by atoms with Crippen LogP contribution in [0.15, 0.2) is 36.7 Å². The highest BCUT2D eigenvalue weighted by Gasteiger charge is 2.47. The van der Waals surface area contributed by atoms with Crippen molar-refractivity contribution in [2.24, 2.45) is 0 Å². The van der Waals surface area contributed by atoms with Crippen LogP contribution in [0.1, 0.15) is 59.6 Å². The molecule has 0 saturated carbocycles. The zero-order chi connectivity index (χ0) is 32.7. The third-order valence-corrected chi connectivity index (χ3v) is 12.5. The predicted octanol–water partition coefficient (Wildman–Crippen LogP) is 7.34. The van der Waals surface area contributed by atoms with E-state index in [1.165, 1.54) is 18.1 Å². The first-order chi connectivity index (χ1) is 20.4. The van der Waals surface area contributed by atoms with Crippen molar-refractivity contribution in [1.82, 2.24) is 15.0 Å². The molecule has 0 saturated heterocycles. The molecule has 0 aliphatic carbocycles. The lowest BCUT2D eigenvalue weighted by Gasteiger charge is -2.39. The lowest BCUT2D eigenvalue weighted by molar-refractivity contribution is 0.0575. The number of rotatable bonds is 7. The van der Waals surface area contributed by atoms with Crippen molar-refractivity contribution < 1.29 is 23.1 Å². The van der Waals surface area contributed by atoms with Crippen LogP contribution < -0.4 is 15.0 Å². The van der Waals surface area contributed by atoms with Gasteiger partial charge in [0.05, 0.1) is 24.6 Å². The van der Waals surface area contributed by atoms with Crippen LogP contribution in [0.2, 0.25) is 18.1 Å². The van der Waals surface area contributed by atoms with Gasteiger partial charge in [0.15, 0.2) is 14.1 Å². The minimum Gasteiger partial charge on any atom is -0.480 e. The average molecular weight is 621 g/mol. The maximum atomic E-state index is 15.4. The molecule has 1 amide bonds. The Morgan fingerprint density at radius 1 is 1.20 bits per heavy atom. The largest absolute Gasteiger partial charge is 0.480 e. The molecule has 1 atom stereocenters.